The van der Waals surface area contributed by atoms with Crippen LogP contribution in [0.15, 0.2) is 24.7 Å². The van der Waals surface area contributed by atoms with Crippen LogP contribution in [0.2, 0.25) is 0 Å². The van der Waals surface area contributed by atoms with Gasteiger partial charge in [0.2, 0.25) is 0 Å². The Morgan fingerprint density at radius 2 is 1.96 bits per heavy atom. The Bertz CT molecular complexity index is 754. The van der Waals surface area contributed by atoms with Gasteiger partial charge in [-0.1, -0.05) is 13.3 Å². The molecule has 1 aliphatic carbocycles. The van der Waals surface area contributed by atoms with E-state index in [1.807, 2.05) is 0 Å². The van der Waals surface area contributed by atoms with Crippen molar-refractivity contribution in [2.24, 2.45) is 5.92 Å². The third kappa shape index (κ3) is 3.68. The highest BCUT2D eigenvalue weighted by molar-refractivity contribution is 7.16. The van der Waals surface area contributed by atoms with Gasteiger partial charge in [-0.05, 0) is 37.7 Å². The standard InChI is InChI=1S/C17H20N4O3S/c1-2-11-4-6-17(7-5-11,16(23)24)21-14(22)12-10-20-15(25-12)13-18-8-3-9-19-13/h3,8-11H,2,4-7H2,1H3,(H,21,22)(H,23,24). The summed E-state index contributed by atoms with van der Waals surface area (Å²) in [5.74, 6) is -0.388. The van der Waals surface area contributed by atoms with Gasteiger partial charge in [0.1, 0.15) is 10.4 Å². The van der Waals surface area contributed by atoms with E-state index in [1.165, 1.54) is 6.20 Å². The van der Waals surface area contributed by atoms with Gasteiger partial charge in [-0.3, -0.25) is 4.79 Å². The molecule has 0 aromatic carbocycles. The molecule has 0 saturated heterocycles. The van der Waals surface area contributed by atoms with Crippen molar-refractivity contribution in [1.82, 2.24) is 20.3 Å². The van der Waals surface area contributed by atoms with E-state index in [0.717, 1.165) is 30.6 Å². The normalized spacial score (nSPS) is 23.2. The van der Waals surface area contributed by atoms with Crippen LogP contribution in [0.5, 0.6) is 0 Å². The van der Waals surface area contributed by atoms with Gasteiger partial charge in [0.05, 0.1) is 6.20 Å². The zero-order valence-corrected chi connectivity index (χ0v) is 14.8. The Hall–Kier alpha value is -2.35. The minimum Gasteiger partial charge on any atom is -0.480 e. The fourth-order valence-corrected chi connectivity index (χ4v) is 3.90. The SMILES string of the molecule is CCC1CCC(NC(=O)c2cnc(-c3ncccn3)s2)(C(=O)O)CC1. The number of carbonyl (C=O) groups is 2. The van der Waals surface area contributed by atoms with Crippen molar-refractivity contribution in [3.63, 3.8) is 0 Å². The van der Waals surface area contributed by atoms with E-state index in [2.05, 4.69) is 27.2 Å². The van der Waals surface area contributed by atoms with Gasteiger partial charge in [0, 0.05) is 12.4 Å². The molecule has 0 bridgehead atoms. The zero-order valence-electron chi connectivity index (χ0n) is 13.9. The molecule has 2 aromatic heterocycles. The van der Waals surface area contributed by atoms with Crippen molar-refractivity contribution < 1.29 is 14.7 Å². The molecule has 25 heavy (non-hydrogen) atoms. The molecular formula is C17H20N4O3S. The summed E-state index contributed by atoms with van der Waals surface area (Å²) in [6.07, 6.45) is 8.24. The predicted molar refractivity (Wildman–Crippen MR) is 93.2 cm³/mol. The molecule has 8 heteroatoms. The molecule has 3 rings (SSSR count). The quantitative estimate of drug-likeness (QED) is 0.849. The molecule has 1 amide bonds. The Morgan fingerprint density at radius 1 is 1.28 bits per heavy atom. The number of nitrogens with zero attached hydrogens (tertiary/aromatic N) is 3. The van der Waals surface area contributed by atoms with Gasteiger partial charge >= 0.3 is 5.97 Å². The maximum absolute atomic E-state index is 12.6. The number of carbonyl (C=O) groups excluding carboxylic acids is 1. The Balaban J connectivity index is 1.75. The Kier molecular flexibility index (Phi) is 5.08. The van der Waals surface area contributed by atoms with Gasteiger partial charge < -0.3 is 10.4 Å². The molecule has 2 heterocycles. The first-order valence-electron chi connectivity index (χ1n) is 8.33. The van der Waals surface area contributed by atoms with E-state index >= 15 is 0 Å². The lowest BCUT2D eigenvalue weighted by Crippen LogP contribution is -2.56. The van der Waals surface area contributed by atoms with Crippen LogP contribution in [0.4, 0.5) is 0 Å². The van der Waals surface area contributed by atoms with Gasteiger partial charge in [-0.2, -0.15) is 0 Å². The summed E-state index contributed by atoms with van der Waals surface area (Å²) in [5, 5.41) is 13.0. The number of amides is 1. The van der Waals surface area contributed by atoms with Crippen molar-refractivity contribution >= 4 is 23.2 Å². The summed E-state index contributed by atoms with van der Waals surface area (Å²) >= 11 is 1.16. The van der Waals surface area contributed by atoms with Gasteiger partial charge in [0.15, 0.2) is 10.8 Å². The monoisotopic (exact) mass is 360 g/mol. The average Bonchev–Trinajstić information content (AvgIpc) is 3.13. The summed E-state index contributed by atoms with van der Waals surface area (Å²) in [5.41, 5.74) is -1.18. The minimum absolute atomic E-state index is 0.362. The third-order valence-electron chi connectivity index (χ3n) is 4.78. The predicted octanol–water partition coefficient (Wildman–Crippen LogP) is 2.75. The van der Waals surface area contributed by atoms with E-state index in [9.17, 15) is 14.7 Å². The number of aromatic nitrogens is 3. The van der Waals surface area contributed by atoms with Crippen LogP contribution in [-0.2, 0) is 4.79 Å². The molecule has 7 nitrogen and oxygen atoms in total. The molecule has 1 aliphatic rings. The lowest BCUT2D eigenvalue weighted by atomic mass is 9.75. The number of nitrogens with one attached hydrogen (secondary N) is 1. The fourth-order valence-electron chi connectivity index (χ4n) is 3.14. The summed E-state index contributed by atoms with van der Waals surface area (Å²) in [7, 11) is 0. The van der Waals surface area contributed by atoms with Crippen molar-refractivity contribution in [3.8, 4) is 10.8 Å². The number of carboxylic acids is 1. The molecular weight excluding hydrogens is 340 g/mol. The molecule has 1 saturated carbocycles. The first kappa shape index (κ1) is 17.5. The molecule has 0 radical (unpaired) electrons. The van der Waals surface area contributed by atoms with Crippen molar-refractivity contribution in [2.45, 2.75) is 44.6 Å². The number of carboxylic acid groups (broad SMARTS) is 1. The van der Waals surface area contributed by atoms with Crippen LogP contribution < -0.4 is 5.32 Å². The number of thiazole rings is 1. The summed E-state index contributed by atoms with van der Waals surface area (Å²) in [6.45, 7) is 2.11. The van der Waals surface area contributed by atoms with Crippen LogP contribution in [0, 0.1) is 5.92 Å². The van der Waals surface area contributed by atoms with E-state index in [0.29, 0.717) is 34.5 Å². The topological polar surface area (TPSA) is 105 Å². The van der Waals surface area contributed by atoms with Crippen LogP contribution in [0.1, 0.15) is 48.7 Å². The molecule has 2 aromatic rings. The van der Waals surface area contributed by atoms with E-state index in [1.54, 1.807) is 18.5 Å². The Morgan fingerprint density at radius 3 is 2.56 bits per heavy atom. The fraction of sp³-hybridized carbons (Fsp3) is 0.471. The van der Waals surface area contributed by atoms with Crippen LogP contribution in [-0.4, -0.2) is 37.5 Å². The van der Waals surface area contributed by atoms with Gasteiger partial charge in [0.25, 0.3) is 5.91 Å². The summed E-state index contributed by atoms with van der Waals surface area (Å²) < 4.78 is 0. The molecule has 0 spiro atoms. The largest absolute Gasteiger partial charge is 0.480 e. The van der Waals surface area contributed by atoms with E-state index < -0.39 is 17.4 Å². The third-order valence-corrected chi connectivity index (χ3v) is 5.78. The highest BCUT2D eigenvalue weighted by atomic mass is 32.1. The summed E-state index contributed by atoms with van der Waals surface area (Å²) in [4.78, 5) is 37.1. The second-order valence-corrected chi connectivity index (χ2v) is 7.33. The lowest BCUT2D eigenvalue weighted by Gasteiger charge is -2.37. The molecule has 0 unspecified atom stereocenters. The van der Waals surface area contributed by atoms with Crippen molar-refractivity contribution in [3.05, 3.63) is 29.5 Å². The lowest BCUT2D eigenvalue weighted by molar-refractivity contribution is -0.146. The maximum Gasteiger partial charge on any atom is 0.329 e. The second kappa shape index (κ2) is 7.26. The van der Waals surface area contributed by atoms with Gasteiger partial charge in [-0.15, -0.1) is 11.3 Å². The van der Waals surface area contributed by atoms with Crippen LogP contribution >= 0.6 is 11.3 Å². The number of aliphatic carboxylic acids is 1. The molecule has 0 atom stereocenters. The maximum atomic E-state index is 12.6. The highest BCUT2D eigenvalue weighted by Gasteiger charge is 2.43. The first-order chi connectivity index (χ1) is 12.0. The number of hydrogen-bond acceptors (Lipinski definition) is 6. The second-order valence-electron chi connectivity index (χ2n) is 6.30. The molecule has 2 N–H and O–H groups in total. The molecule has 1 fully saturated rings. The van der Waals surface area contributed by atoms with E-state index in [-0.39, 0.29) is 0 Å². The number of hydrogen-bond donors (Lipinski definition) is 2. The first-order valence-corrected chi connectivity index (χ1v) is 9.15. The highest BCUT2D eigenvalue weighted by Crippen LogP contribution is 2.34. The van der Waals surface area contributed by atoms with Gasteiger partial charge in [-0.25, -0.2) is 19.7 Å². The van der Waals surface area contributed by atoms with Crippen molar-refractivity contribution in [1.29, 1.82) is 0 Å². The van der Waals surface area contributed by atoms with Crippen molar-refractivity contribution in [2.75, 3.05) is 0 Å². The minimum atomic E-state index is -1.18. The molecule has 0 aliphatic heterocycles. The Labute approximate surface area is 149 Å². The average molecular weight is 360 g/mol. The van der Waals surface area contributed by atoms with Crippen LogP contribution in [0.25, 0.3) is 10.8 Å². The van der Waals surface area contributed by atoms with E-state index in [4.69, 9.17) is 0 Å². The summed E-state index contributed by atoms with van der Waals surface area (Å²) in [6, 6.07) is 1.70. The smallest absolute Gasteiger partial charge is 0.329 e. The van der Waals surface area contributed by atoms with Crippen LogP contribution in [0.3, 0.4) is 0 Å². The zero-order chi connectivity index (χ0) is 17.9. The number of rotatable bonds is 5. The molecule has 132 valence electrons.